The summed E-state index contributed by atoms with van der Waals surface area (Å²) in [7, 11) is 0. The molecule has 1 saturated heterocycles. The number of anilines is 1. The minimum absolute atomic E-state index is 0.141. The number of hydrogen-bond donors (Lipinski definition) is 2. The Balaban J connectivity index is 1.44. The molecule has 0 aromatic heterocycles. The predicted octanol–water partition coefficient (Wildman–Crippen LogP) is 5.81. The number of carbonyl (C=O) groups is 1. The number of amides is 2. The van der Waals surface area contributed by atoms with Crippen LogP contribution in [-0.4, -0.2) is 35.3 Å². The normalized spacial score (nSPS) is 16.3. The van der Waals surface area contributed by atoms with Gasteiger partial charge < -0.3 is 10.6 Å². The van der Waals surface area contributed by atoms with Gasteiger partial charge in [-0.1, -0.05) is 26.0 Å². The van der Waals surface area contributed by atoms with E-state index in [2.05, 4.69) is 41.5 Å². The van der Waals surface area contributed by atoms with Crippen molar-refractivity contribution in [2.24, 2.45) is 0 Å². The molecule has 0 saturated carbocycles. The molecule has 0 radical (unpaired) electrons. The Morgan fingerprint density at radius 1 is 1.20 bits per heavy atom. The highest BCUT2D eigenvalue weighted by Crippen LogP contribution is 2.28. The van der Waals surface area contributed by atoms with Crippen LogP contribution in [0.25, 0.3) is 0 Å². The Morgan fingerprint density at radius 3 is 2.53 bits per heavy atom. The molecular weight excluding hydrogens is 397 g/mol. The molecule has 2 aromatic carbocycles. The standard InChI is InChI=1S/C24H32FN3OS/c1-4-18(3)30-22-9-10-23(17(2)15-22)27-24(29)26-21-11-13-28(14-12-21)16-19-5-7-20(25)8-6-19/h5-10,15,18,21H,4,11-14,16H2,1-3H3,(H2,26,27,29). The zero-order valence-electron chi connectivity index (χ0n) is 18.1. The summed E-state index contributed by atoms with van der Waals surface area (Å²) in [4.78, 5) is 16.1. The maximum Gasteiger partial charge on any atom is 0.319 e. The fraction of sp³-hybridized carbons (Fsp3) is 0.458. The number of nitrogens with zero attached hydrogens (tertiary/aromatic N) is 1. The van der Waals surface area contributed by atoms with Crippen LogP contribution in [0.3, 0.4) is 0 Å². The third-order valence-electron chi connectivity index (χ3n) is 5.60. The van der Waals surface area contributed by atoms with Crippen molar-refractivity contribution in [1.82, 2.24) is 10.2 Å². The van der Waals surface area contributed by atoms with Crippen molar-refractivity contribution in [1.29, 1.82) is 0 Å². The molecule has 2 N–H and O–H groups in total. The molecule has 1 heterocycles. The SMILES string of the molecule is CCC(C)Sc1ccc(NC(=O)NC2CCN(Cc3ccc(F)cc3)CC2)c(C)c1. The molecule has 1 unspecified atom stereocenters. The van der Waals surface area contributed by atoms with E-state index >= 15 is 0 Å². The van der Waals surface area contributed by atoms with E-state index in [9.17, 15) is 9.18 Å². The average molecular weight is 430 g/mol. The maximum absolute atomic E-state index is 13.0. The molecule has 2 amide bonds. The number of aryl methyl sites for hydroxylation is 1. The zero-order chi connectivity index (χ0) is 21.5. The molecule has 30 heavy (non-hydrogen) atoms. The van der Waals surface area contributed by atoms with E-state index in [1.807, 2.05) is 36.9 Å². The largest absolute Gasteiger partial charge is 0.335 e. The number of benzene rings is 2. The van der Waals surface area contributed by atoms with Gasteiger partial charge in [0.05, 0.1) is 0 Å². The summed E-state index contributed by atoms with van der Waals surface area (Å²) in [6.45, 7) is 9.11. The Kier molecular flexibility index (Phi) is 8.16. The van der Waals surface area contributed by atoms with Crippen LogP contribution in [0.15, 0.2) is 47.4 Å². The highest BCUT2D eigenvalue weighted by Gasteiger charge is 2.21. The number of rotatable bonds is 7. The van der Waals surface area contributed by atoms with Crippen molar-refractivity contribution in [3.05, 3.63) is 59.4 Å². The number of nitrogens with one attached hydrogen (secondary N) is 2. The molecule has 6 heteroatoms. The lowest BCUT2D eigenvalue weighted by Crippen LogP contribution is -2.45. The van der Waals surface area contributed by atoms with Crippen LogP contribution in [0.2, 0.25) is 0 Å². The molecule has 0 bridgehead atoms. The quantitative estimate of drug-likeness (QED) is 0.546. The number of thioether (sulfide) groups is 1. The van der Waals surface area contributed by atoms with Gasteiger partial charge in [0.15, 0.2) is 0 Å². The van der Waals surface area contributed by atoms with Gasteiger partial charge in [-0.2, -0.15) is 0 Å². The zero-order valence-corrected chi connectivity index (χ0v) is 18.9. The Labute approximate surface area is 183 Å². The van der Waals surface area contributed by atoms with E-state index < -0.39 is 0 Å². The average Bonchev–Trinajstić information content (AvgIpc) is 2.73. The van der Waals surface area contributed by atoms with E-state index in [1.165, 1.54) is 17.0 Å². The van der Waals surface area contributed by atoms with Crippen molar-refractivity contribution >= 4 is 23.5 Å². The summed E-state index contributed by atoms with van der Waals surface area (Å²) >= 11 is 1.86. The first kappa shape index (κ1) is 22.6. The minimum atomic E-state index is -0.202. The topological polar surface area (TPSA) is 44.4 Å². The number of halogens is 1. The lowest BCUT2D eigenvalue weighted by atomic mass is 10.0. The van der Waals surface area contributed by atoms with Crippen molar-refractivity contribution in [3.63, 3.8) is 0 Å². The highest BCUT2D eigenvalue weighted by atomic mass is 32.2. The van der Waals surface area contributed by atoms with Crippen molar-refractivity contribution in [2.75, 3.05) is 18.4 Å². The van der Waals surface area contributed by atoms with Crippen LogP contribution in [0.1, 0.15) is 44.2 Å². The first-order valence-electron chi connectivity index (χ1n) is 10.7. The fourth-order valence-corrected chi connectivity index (χ4v) is 4.62. The number of urea groups is 1. The Hall–Kier alpha value is -2.05. The Morgan fingerprint density at radius 2 is 1.90 bits per heavy atom. The number of likely N-dealkylation sites (tertiary alicyclic amines) is 1. The molecule has 3 rings (SSSR count). The van der Waals surface area contributed by atoms with E-state index in [0.717, 1.165) is 55.7 Å². The lowest BCUT2D eigenvalue weighted by Gasteiger charge is -2.32. The van der Waals surface area contributed by atoms with Crippen molar-refractivity contribution in [3.8, 4) is 0 Å². The van der Waals surface area contributed by atoms with E-state index in [1.54, 1.807) is 0 Å². The Bertz CT molecular complexity index is 835. The maximum atomic E-state index is 13.0. The summed E-state index contributed by atoms with van der Waals surface area (Å²) < 4.78 is 13.0. The van der Waals surface area contributed by atoms with Gasteiger partial charge >= 0.3 is 6.03 Å². The van der Waals surface area contributed by atoms with Gasteiger partial charge in [0, 0.05) is 41.5 Å². The van der Waals surface area contributed by atoms with Crippen LogP contribution < -0.4 is 10.6 Å². The molecule has 1 atom stereocenters. The first-order chi connectivity index (χ1) is 14.4. The van der Waals surface area contributed by atoms with Gasteiger partial charge in [-0.15, -0.1) is 11.8 Å². The van der Waals surface area contributed by atoms with Gasteiger partial charge in [-0.25, -0.2) is 9.18 Å². The number of piperidine rings is 1. The minimum Gasteiger partial charge on any atom is -0.335 e. The van der Waals surface area contributed by atoms with Crippen LogP contribution in [0, 0.1) is 12.7 Å². The van der Waals surface area contributed by atoms with Crippen LogP contribution in [0.4, 0.5) is 14.9 Å². The predicted molar refractivity (Wildman–Crippen MR) is 124 cm³/mol. The van der Waals surface area contributed by atoms with Gasteiger partial charge in [-0.3, -0.25) is 4.90 Å². The summed E-state index contributed by atoms with van der Waals surface area (Å²) in [6, 6.07) is 12.9. The third kappa shape index (κ3) is 6.74. The lowest BCUT2D eigenvalue weighted by molar-refractivity contribution is 0.190. The van der Waals surface area contributed by atoms with E-state index in [-0.39, 0.29) is 17.9 Å². The molecule has 1 fully saturated rings. The first-order valence-corrected chi connectivity index (χ1v) is 11.6. The van der Waals surface area contributed by atoms with Gasteiger partial charge in [-0.05, 0) is 67.6 Å². The van der Waals surface area contributed by atoms with Crippen LogP contribution >= 0.6 is 11.8 Å². The molecule has 2 aromatic rings. The van der Waals surface area contributed by atoms with Crippen molar-refractivity contribution < 1.29 is 9.18 Å². The van der Waals surface area contributed by atoms with Gasteiger partial charge in [0.2, 0.25) is 0 Å². The molecule has 0 spiro atoms. The summed E-state index contributed by atoms with van der Waals surface area (Å²) in [6.07, 6.45) is 2.96. The number of carbonyl (C=O) groups excluding carboxylic acids is 1. The molecule has 0 aliphatic carbocycles. The van der Waals surface area contributed by atoms with Crippen molar-refractivity contribution in [2.45, 2.75) is 62.8 Å². The molecule has 1 aliphatic rings. The van der Waals surface area contributed by atoms with E-state index in [0.29, 0.717) is 5.25 Å². The second kappa shape index (κ2) is 10.8. The second-order valence-corrected chi connectivity index (χ2v) is 9.60. The molecular formula is C24H32FN3OS. The summed E-state index contributed by atoms with van der Waals surface area (Å²) in [5, 5.41) is 6.69. The van der Waals surface area contributed by atoms with Crippen LogP contribution in [-0.2, 0) is 6.54 Å². The molecule has 1 aliphatic heterocycles. The number of hydrogen-bond acceptors (Lipinski definition) is 3. The third-order valence-corrected chi connectivity index (χ3v) is 6.86. The van der Waals surface area contributed by atoms with Gasteiger partial charge in [0.1, 0.15) is 5.82 Å². The monoisotopic (exact) mass is 429 g/mol. The van der Waals surface area contributed by atoms with E-state index in [4.69, 9.17) is 0 Å². The van der Waals surface area contributed by atoms with Crippen LogP contribution in [0.5, 0.6) is 0 Å². The summed E-state index contributed by atoms with van der Waals surface area (Å²) in [5.74, 6) is -0.202. The second-order valence-electron chi connectivity index (χ2n) is 8.09. The molecule has 162 valence electrons. The summed E-state index contributed by atoms with van der Waals surface area (Å²) in [5.41, 5.74) is 3.05. The fourth-order valence-electron chi connectivity index (χ4n) is 3.59. The molecule has 4 nitrogen and oxygen atoms in total. The highest BCUT2D eigenvalue weighted by molar-refractivity contribution is 7.99. The smallest absolute Gasteiger partial charge is 0.319 e. The van der Waals surface area contributed by atoms with Gasteiger partial charge in [0.25, 0.3) is 0 Å².